The number of fused-ring (bicyclic) bond motifs is 4. The zero-order valence-electron chi connectivity index (χ0n) is 18.2. The van der Waals surface area contributed by atoms with Crippen LogP contribution in [-0.2, 0) is 6.42 Å². The van der Waals surface area contributed by atoms with E-state index in [1.807, 2.05) is 0 Å². The summed E-state index contributed by atoms with van der Waals surface area (Å²) in [6, 6.07) is 14.2. The Morgan fingerprint density at radius 2 is 1.72 bits per heavy atom. The molecule has 2 aromatic carbocycles. The van der Waals surface area contributed by atoms with Crippen molar-refractivity contribution in [3.63, 3.8) is 0 Å². The Bertz CT molecular complexity index is 1170. The van der Waals surface area contributed by atoms with Crippen molar-refractivity contribution in [2.24, 2.45) is 0 Å². The molecule has 5 rings (SSSR count). The Kier molecular flexibility index (Phi) is 4.17. The third-order valence-electron chi connectivity index (χ3n) is 7.57. The van der Waals surface area contributed by atoms with Crippen LogP contribution >= 0.6 is 16.1 Å². The Labute approximate surface area is 184 Å². The van der Waals surface area contributed by atoms with E-state index in [1.54, 1.807) is 10.4 Å². The number of nitrogens with zero attached hydrogens (tertiary/aromatic N) is 1. The van der Waals surface area contributed by atoms with Crippen LogP contribution in [0.3, 0.4) is 0 Å². The topological polar surface area (TPSA) is 3.24 Å². The minimum atomic E-state index is -1.76. The molecule has 1 aliphatic heterocycles. The summed E-state index contributed by atoms with van der Waals surface area (Å²) >= 11 is 3.90. The molecule has 1 atom stereocenters. The van der Waals surface area contributed by atoms with Crippen molar-refractivity contribution >= 4 is 46.7 Å². The lowest BCUT2D eigenvalue weighted by atomic mass is 9.99. The van der Waals surface area contributed by atoms with Gasteiger partial charge in [-0.1, -0.05) is 59.9 Å². The van der Waals surface area contributed by atoms with Crippen molar-refractivity contribution in [3.05, 3.63) is 80.6 Å². The molecule has 0 bridgehead atoms. The molecule has 0 N–H and O–H groups in total. The van der Waals surface area contributed by atoms with Crippen LogP contribution in [-0.4, -0.2) is 14.1 Å². The Morgan fingerprint density at radius 3 is 2.45 bits per heavy atom. The highest BCUT2D eigenvalue weighted by Crippen LogP contribution is 2.52. The highest BCUT2D eigenvalue weighted by atomic mass is 79.9. The Hall–Kier alpha value is -1.84. The molecule has 2 aliphatic carbocycles. The first-order valence-corrected chi connectivity index (χ1v) is 14.2. The Balaban J connectivity index is 1.63. The van der Waals surface area contributed by atoms with Gasteiger partial charge in [0.15, 0.2) is 0 Å². The van der Waals surface area contributed by atoms with E-state index in [2.05, 4.69) is 103 Å². The van der Waals surface area contributed by atoms with Gasteiger partial charge in [-0.25, -0.2) is 0 Å². The third-order valence-corrected chi connectivity index (χ3v) is 12.2. The van der Waals surface area contributed by atoms with E-state index in [0.29, 0.717) is 6.04 Å². The molecule has 29 heavy (non-hydrogen) atoms. The van der Waals surface area contributed by atoms with Gasteiger partial charge < -0.3 is 0 Å². The first kappa shape index (κ1) is 19.1. The van der Waals surface area contributed by atoms with Crippen LogP contribution in [0.15, 0.2) is 58.3 Å². The van der Waals surface area contributed by atoms with Crippen LogP contribution in [0.1, 0.15) is 43.0 Å². The number of allylic oxidation sites excluding steroid dienone is 3. The SMILES string of the molecule is CC1=C(C)C2C(=C1C)c1cc([Si](C)(C)C3=Cc4ccccc4C3)c(C)cc1N2Br. The number of hydrogen-bond acceptors (Lipinski definition) is 1. The smallest absolute Gasteiger partial charge is 0.108 e. The second-order valence-corrected chi connectivity index (χ2v) is 14.6. The van der Waals surface area contributed by atoms with Crippen molar-refractivity contribution < 1.29 is 0 Å². The number of halogens is 1. The van der Waals surface area contributed by atoms with E-state index >= 15 is 0 Å². The van der Waals surface area contributed by atoms with Gasteiger partial charge in [0, 0.05) is 5.56 Å². The molecule has 0 spiro atoms. The maximum atomic E-state index is 3.90. The van der Waals surface area contributed by atoms with Crippen LogP contribution in [0.4, 0.5) is 5.69 Å². The molecule has 1 nitrogen and oxygen atoms in total. The summed E-state index contributed by atoms with van der Waals surface area (Å²) in [6.07, 6.45) is 3.59. The van der Waals surface area contributed by atoms with Crippen molar-refractivity contribution in [3.8, 4) is 0 Å². The van der Waals surface area contributed by atoms with Gasteiger partial charge in [0.25, 0.3) is 0 Å². The minimum absolute atomic E-state index is 0.347. The van der Waals surface area contributed by atoms with E-state index in [4.69, 9.17) is 0 Å². The van der Waals surface area contributed by atoms with E-state index < -0.39 is 8.07 Å². The fourth-order valence-corrected chi connectivity index (χ4v) is 9.37. The molecule has 0 aromatic heterocycles. The van der Waals surface area contributed by atoms with E-state index in [1.165, 1.54) is 50.2 Å². The van der Waals surface area contributed by atoms with Crippen molar-refractivity contribution in [2.75, 3.05) is 3.93 Å². The summed E-state index contributed by atoms with van der Waals surface area (Å²) in [5, 5.41) is 3.23. The molecule has 1 unspecified atom stereocenters. The number of benzene rings is 2. The first-order valence-electron chi connectivity index (χ1n) is 10.5. The summed E-state index contributed by atoms with van der Waals surface area (Å²) in [5.41, 5.74) is 13.0. The van der Waals surface area contributed by atoms with E-state index in [0.717, 1.165) is 6.42 Å². The predicted octanol–water partition coefficient (Wildman–Crippen LogP) is 6.71. The van der Waals surface area contributed by atoms with Gasteiger partial charge in [-0.3, -0.25) is 3.93 Å². The maximum absolute atomic E-state index is 3.90. The molecule has 3 aliphatic rings. The number of hydrogen-bond donors (Lipinski definition) is 0. The highest BCUT2D eigenvalue weighted by molar-refractivity contribution is 9.10. The molecule has 1 heterocycles. The fourth-order valence-electron chi connectivity index (χ4n) is 5.51. The molecule has 0 saturated carbocycles. The quantitative estimate of drug-likeness (QED) is 0.354. The average Bonchev–Trinajstić information content (AvgIpc) is 3.31. The fraction of sp³-hybridized carbons (Fsp3) is 0.308. The largest absolute Gasteiger partial charge is 0.297 e. The predicted molar refractivity (Wildman–Crippen MR) is 133 cm³/mol. The van der Waals surface area contributed by atoms with Gasteiger partial charge in [0.1, 0.15) is 8.07 Å². The molecule has 0 saturated heterocycles. The summed E-state index contributed by atoms with van der Waals surface area (Å²) in [4.78, 5) is 0. The molecule has 148 valence electrons. The summed E-state index contributed by atoms with van der Waals surface area (Å²) in [7, 11) is -1.76. The monoisotopic (exact) mass is 461 g/mol. The number of aryl methyl sites for hydroxylation is 1. The van der Waals surface area contributed by atoms with Gasteiger partial charge in [0.2, 0.25) is 0 Å². The molecule has 0 amide bonds. The Morgan fingerprint density at radius 1 is 1.00 bits per heavy atom. The highest BCUT2D eigenvalue weighted by Gasteiger charge is 2.42. The van der Waals surface area contributed by atoms with Crippen LogP contribution in [0.2, 0.25) is 13.1 Å². The number of anilines is 1. The molecule has 0 radical (unpaired) electrons. The van der Waals surface area contributed by atoms with E-state index in [-0.39, 0.29) is 0 Å². The lowest BCUT2D eigenvalue weighted by molar-refractivity contribution is 1.02. The molecule has 3 heteroatoms. The molecular weight excluding hydrogens is 434 g/mol. The molecule has 0 fully saturated rings. The third kappa shape index (κ3) is 2.56. The first-order chi connectivity index (χ1) is 13.7. The van der Waals surface area contributed by atoms with Crippen molar-refractivity contribution in [1.82, 2.24) is 0 Å². The normalized spacial score (nSPS) is 20.3. The summed E-state index contributed by atoms with van der Waals surface area (Å²) in [6.45, 7) is 14.2. The lowest BCUT2D eigenvalue weighted by Crippen LogP contribution is -2.45. The summed E-state index contributed by atoms with van der Waals surface area (Å²) in [5.74, 6) is 0. The van der Waals surface area contributed by atoms with Crippen LogP contribution in [0.5, 0.6) is 0 Å². The van der Waals surface area contributed by atoms with Gasteiger partial charge in [-0.15, -0.1) is 0 Å². The summed E-state index contributed by atoms with van der Waals surface area (Å²) < 4.78 is 2.31. The van der Waals surface area contributed by atoms with E-state index in [9.17, 15) is 0 Å². The van der Waals surface area contributed by atoms with Crippen LogP contribution in [0.25, 0.3) is 11.6 Å². The van der Waals surface area contributed by atoms with Gasteiger partial charge in [-0.2, -0.15) is 0 Å². The van der Waals surface area contributed by atoms with Gasteiger partial charge >= 0.3 is 0 Å². The molecule has 2 aromatic rings. The maximum Gasteiger partial charge on any atom is 0.108 e. The standard InChI is InChI=1S/C26H28BrNSi/c1-15-11-23-22(25-17(3)16(2)18(4)26(25)28(23)27)14-24(15)29(5,6)21-12-19-9-7-8-10-20(19)13-21/h7-12,14,26H,13H2,1-6H3. The van der Waals surface area contributed by atoms with Gasteiger partial charge in [-0.05, 0) is 79.2 Å². The van der Waals surface area contributed by atoms with Crippen molar-refractivity contribution in [2.45, 2.75) is 53.3 Å². The van der Waals surface area contributed by atoms with Crippen LogP contribution < -0.4 is 9.11 Å². The average molecular weight is 463 g/mol. The lowest BCUT2D eigenvalue weighted by Gasteiger charge is -2.28. The molecular formula is C26H28BrNSi. The second-order valence-electron chi connectivity index (χ2n) is 9.41. The van der Waals surface area contributed by atoms with Crippen molar-refractivity contribution in [1.29, 1.82) is 0 Å². The zero-order valence-corrected chi connectivity index (χ0v) is 20.7. The second kappa shape index (κ2) is 6.33. The van der Waals surface area contributed by atoms with Crippen LogP contribution in [0, 0.1) is 6.92 Å². The van der Waals surface area contributed by atoms with Gasteiger partial charge in [0.05, 0.1) is 27.9 Å². The zero-order chi connectivity index (χ0) is 20.7. The number of rotatable bonds is 2. The minimum Gasteiger partial charge on any atom is -0.297 e.